The lowest BCUT2D eigenvalue weighted by Crippen LogP contribution is -2.33. The second-order valence-electron chi connectivity index (χ2n) is 7.65. The van der Waals surface area contributed by atoms with Crippen molar-refractivity contribution in [3.05, 3.63) is 63.1 Å². The predicted octanol–water partition coefficient (Wildman–Crippen LogP) is 4.06. The highest BCUT2D eigenvalue weighted by Crippen LogP contribution is 2.34. The molecule has 0 radical (unpaired) electrons. The Bertz CT molecular complexity index is 1010. The van der Waals surface area contributed by atoms with Crippen LogP contribution in [0.4, 0.5) is 18.9 Å². The summed E-state index contributed by atoms with van der Waals surface area (Å²) in [6.07, 6.45) is -1.62. The third-order valence-corrected chi connectivity index (χ3v) is 5.67. The Morgan fingerprint density at radius 3 is 2.55 bits per heavy atom. The van der Waals surface area contributed by atoms with Crippen molar-refractivity contribution in [2.75, 3.05) is 25.6 Å². The monoisotopic (exact) mass is 437 g/mol. The number of hydrogen-bond donors (Lipinski definition) is 2. The summed E-state index contributed by atoms with van der Waals surface area (Å²) in [5, 5.41) is 5.62. The maximum Gasteiger partial charge on any atom is 0.416 e. The number of carbonyl (C=O) groups excluding carboxylic acids is 1. The molecule has 0 unspecified atom stereocenters. The molecule has 1 fully saturated rings. The summed E-state index contributed by atoms with van der Waals surface area (Å²) in [4.78, 5) is 25.6. The maximum absolute atomic E-state index is 13.2. The van der Waals surface area contributed by atoms with Gasteiger partial charge in [0.05, 0.1) is 22.9 Å². The first-order valence-corrected chi connectivity index (χ1v) is 10.1. The normalized spacial score (nSPS) is 16.1. The standard InChI is InChI=1S/C22H26F3N3O3/c1-13-16(5-4-6-18(13)22(23,24)25)14(2)27-21(30)17-12-28(15-7-9-31-10-8-15)20(29)11-19(17)26-3/h4-6,11-12,14-15,26H,7-10H2,1-3H3,(H,27,30)/t14-/m1/s1. The minimum absolute atomic E-state index is 0.0677. The number of carbonyl (C=O) groups is 1. The summed E-state index contributed by atoms with van der Waals surface area (Å²) in [6.45, 7) is 4.11. The van der Waals surface area contributed by atoms with Crippen LogP contribution in [0, 0.1) is 6.92 Å². The van der Waals surface area contributed by atoms with Crippen LogP contribution in [0.5, 0.6) is 0 Å². The van der Waals surface area contributed by atoms with Crippen LogP contribution in [-0.2, 0) is 10.9 Å². The Labute approximate surface area is 178 Å². The number of rotatable bonds is 5. The largest absolute Gasteiger partial charge is 0.416 e. The third kappa shape index (κ3) is 4.92. The summed E-state index contributed by atoms with van der Waals surface area (Å²) >= 11 is 0. The second kappa shape index (κ2) is 9.13. The zero-order chi connectivity index (χ0) is 22.8. The van der Waals surface area contributed by atoms with Crippen LogP contribution in [0.15, 0.2) is 35.3 Å². The molecule has 0 saturated carbocycles. The lowest BCUT2D eigenvalue weighted by atomic mass is 9.97. The van der Waals surface area contributed by atoms with Crippen molar-refractivity contribution >= 4 is 11.6 Å². The van der Waals surface area contributed by atoms with Gasteiger partial charge in [-0.15, -0.1) is 0 Å². The molecule has 1 aromatic carbocycles. The fourth-order valence-electron chi connectivity index (χ4n) is 3.97. The number of alkyl halides is 3. The van der Waals surface area contributed by atoms with Crippen molar-refractivity contribution in [3.8, 4) is 0 Å². The van der Waals surface area contributed by atoms with Crippen molar-refractivity contribution in [1.29, 1.82) is 0 Å². The molecule has 1 atom stereocenters. The summed E-state index contributed by atoms with van der Waals surface area (Å²) in [5.74, 6) is -0.477. The van der Waals surface area contributed by atoms with Gasteiger partial charge in [0.15, 0.2) is 0 Å². The number of nitrogens with one attached hydrogen (secondary N) is 2. The molecule has 3 rings (SSSR count). The lowest BCUT2D eigenvalue weighted by Gasteiger charge is -2.25. The van der Waals surface area contributed by atoms with Crippen LogP contribution < -0.4 is 16.2 Å². The van der Waals surface area contributed by atoms with E-state index in [4.69, 9.17) is 4.74 Å². The van der Waals surface area contributed by atoms with Gasteiger partial charge in [0.2, 0.25) is 0 Å². The van der Waals surface area contributed by atoms with E-state index >= 15 is 0 Å². The van der Waals surface area contributed by atoms with Gasteiger partial charge in [0, 0.05) is 38.6 Å². The number of nitrogens with zero attached hydrogens (tertiary/aromatic N) is 1. The minimum atomic E-state index is -4.47. The molecule has 1 aliphatic rings. The average Bonchev–Trinajstić information content (AvgIpc) is 2.73. The van der Waals surface area contributed by atoms with Gasteiger partial charge in [-0.2, -0.15) is 13.2 Å². The molecule has 0 bridgehead atoms. The van der Waals surface area contributed by atoms with Gasteiger partial charge in [-0.05, 0) is 43.9 Å². The first-order valence-electron chi connectivity index (χ1n) is 10.1. The van der Waals surface area contributed by atoms with Gasteiger partial charge >= 0.3 is 6.18 Å². The van der Waals surface area contributed by atoms with Gasteiger partial charge in [0.25, 0.3) is 11.5 Å². The van der Waals surface area contributed by atoms with Crippen LogP contribution in [0.2, 0.25) is 0 Å². The third-order valence-electron chi connectivity index (χ3n) is 5.67. The zero-order valence-corrected chi connectivity index (χ0v) is 17.7. The van der Waals surface area contributed by atoms with E-state index in [1.165, 1.54) is 25.3 Å². The van der Waals surface area contributed by atoms with E-state index in [1.807, 2.05) is 0 Å². The number of ether oxygens (including phenoxy) is 1. The molecule has 0 aliphatic carbocycles. The molecule has 1 aliphatic heterocycles. The van der Waals surface area contributed by atoms with Crippen molar-refractivity contribution in [3.63, 3.8) is 0 Å². The number of hydrogen-bond acceptors (Lipinski definition) is 4. The molecule has 1 amide bonds. The molecule has 9 heteroatoms. The first-order chi connectivity index (χ1) is 14.6. The van der Waals surface area contributed by atoms with Crippen molar-refractivity contribution in [2.45, 2.75) is 44.9 Å². The molecule has 2 aromatic rings. The number of amides is 1. The lowest BCUT2D eigenvalue weighted by molar-refractivity contribution is -0.138. The number of pyridine rings is 1. The Morgan fingerprint density at radius 2 is 1.94 bits per heavy atom. The van der Waals surface area contributed by atoms with Crippen LogP contribution in [0.3, 0.4) is 0 Å². The highest BCUT2D eigenvalue weighted by molar-refractivity contribution is 5.99. The van der Waals surface area contributed by atoms with Crippen molar-refractivity contribution in [2.24, 2.45) is 0 Å². The molecule has 0 spiro atoms. The van der Waals surface area contributed by atoms with E-state index in [0.29, 0.717) is 37.3 Å². The predicted molar refractivity (Wildman–Crippen MR) is 111 cm³/mol. The van der Waals surface area contributed by atoms with Gasteiger partial charge in [-0.1, -0.05) is 12.1 Å². The molecular formula is C22H26F3N3O3. The van der Waals surface area contributed by atoms with E-state index in [1.54, 1.807) is 24.6 Å². The zero-order valence-electron chi connectivity index (χ0n) is 17.7. The van der Waals surface area contributed by atoms with Crippen LogP contribution in [-0.4, -0.2) is 30.7 Å². The number of halogens is 3. The quantitative estimate of drug-likeness (QED) is 0.740. The SMILES string of the molecule is CNc1cc(=O)n(C2CCOCC2)cc1C(=O)N[C@H](C)c1cccc(C(F)(F)F)c1C. The van der Waals surface area contributed by atoms with E-state index in [9.17, 15) is 22.8 Å². The fraction of sp³-hybridized carbons (Fsp3) is 0.455. The Balaban J connectivity index is 1.90. The minimum Gasteiger partial charge on any atom is -0.387 e. The molecule has 1 saturated heterocycles. The van der Waals surface area contributed by atoms with Gasteiger partial charge in [-0.25, -0.2) is 0 Å². The van der Waals surface area contributed by atoms with Gasteiger partial charge in [0.1, 0.15) is 0 Å². The summed E-state index contributed by atoms with van der Waals surface area (Å²) in [5.41, 5.74) is 0.115. The summed E-state index contributed by atoms with van der Waals surface area (Å²) in [6, 6.07) is 4.56. The Morgan fingerprint density at radius 1 is 1.26 bits per heavy atom. The number of aromatic nitrogens is 1. The first kappa shape index (κ1) is 22.9. The topological polar surface area (TPSA) is 72.4 Å². The van der Waals surface area contributed by atoms with Crippen molar-refractivity contribution < 1.29 is 22.7 Å². The molecule has 6 nitrogen and oxygen atoms in total. The van der Waals surface area contributed by atoms with E-state index in [-0.39, 0.29) is 22.7 Å². The average molecular weight is 437 g/mol. The molecule has 2 heterocycles. The van der Waals surface area contributed by atoms with E-state index in [0.717, 1.165) is 6.07 Å². The molecule has 2 N–H and O–H groups in total. The maximum atomic E-state index is 13.2. The smallest absolute Gasteiger partial charge is 0.387 e. The van der Waals surface area contributed by atoms with Crippen LogP contribution in [0.1, 0.15) is 58.9 Å². The van der Waals surface area contributed by atoms with Gasteiger partial charge in [-0.3, -0.25) is 9.59 Å². The Kier molecular flexibility index (Phi) is 6.74. The highest BCUT2D eigenvalue weighted by atomic mass is 19.4. The van der Waals surface area contributed by atoms with Crippen LogP contribution >= 0.6 is 0 Å². The highest BCUT2D eigenvalue weighted by Gasteiger charge is 2.33. The van der Waals surface area contributed by atoms with E-state index < -0.39 is 23.7 Å². The molecular weight excluding hydrogens is 411 g/mol. The molecule has 31 heavy (non-hydrogen) atoms. The van der Waals surface area contributed by atoms with Crippen molar-refractivity contribution in [1.82, 2.24) is 9.88 Å². The fourth-order valence-corrected chi connectivity index (χ4v) is 3.97. The van der Waals surface area contributed by atoms with Gasteiger partial charge < -0.3 is 19.9 Å². The Hall–Kier alpha value is -2.81. The van der Waals surface area contributed by atoms with E-state index in [2.05, 4.69) is 10.6 Å². The molecule has 168 valence electrons. The summed E-state index contributed by atoms with van der Waals surface area (Å²) < 4.78 is 46.6. The second-order valence-corrected chi connectivity index (χ2v) is 7.65. The number of anilines is 1. The molecule has 1 aromatic heterocycles. The number of benzene rings is 1. The van der Waals surface area contributed by atoms with Crippen LogP contribution in [0.25, 0.3) is 0 Å². The summed E-state index contributed by atoms with van der Waals surface area (Å²) in [7, 11) is 1.60.